The topological polar surface area (TPSA) is 29.5 Å². The summed E-state index contributed by atoms with van der Waals surface area (Å²) in [6, 6.07) is 0. The normalized spacial score (nSPS) is 31.5. The van der Waals surface area contributed by atoms with Gasteiger partial charge in [0.15, 0.2) is 0 Å². The molecular weight excluding hydrogens is 195 g/mol. The maximum Gasteiger partial charge on any atom is 0.275 e. The quantitative estimate of drug-likeness (QED) is 0.705. The van der Waals surface area contributed by atoms with Gasteiger partial charge in [0.25, 0.3) is 5.85 Å². The number of fused-ring (bicyclic) bond motifs is 1. The SMILES string of the molecule is OCC1(F)CC(Cl)=C2C=CC=C2O1. The van der Waals surface area contributed by atoms with Crippen LogP contribution in [-0.4, -0.2) is 17.6 Å². The lowest BCUT2D eigenvalue weighted by Crippen LogP contribution is -2.34. The zero-order valence-electron chi connectivity index (χ0n) is 6.76. The Morgan fingerprint density at radius 1 is 1.69 bits per heavy atom. The van der Waals surface area contributed by atoms with Crippen molar-refractivity contribution in [2.45, 2.75) is 12.3 Å². The van der Waals surface area contributed by atoms with E-state index in [0.717, 1.165) is 0 Å². The van der Waals surface area contributed by atoms with Crippen molar-refractivity contribution in [2.75, 3.05) is 6.61 Å². The molecule has 0 amide bonds. The molecule has 1 atom stereocenters. The fraction of sp³-hybridized carbons (Fsp3) is 0.333. The summed E-state index contributed by atoms with van der Waals surface area (Å²) in [7, 11) is 0. The number of hydrogen-bond donors (Lipinski definition) is 1. The number of halogens is 2. The largest absolute Gasteiger partial charge is 0.454 e. The summed E-state index contributed by atoms with van der Waals surface area (Å²) in [6.07, 6.45) is 5.02. The van der Waals surface area contributed by atoms with E-state index in [-0.39, 0.29) is 6.42 Å². The molecule has 4 heteroatoms. The number of ether oxygens (including phenoxy) is 1. The van der Waals surface area contributed by atoms with Crippen molar-refractivity contribution in [3.63, 3.8) is 0 Å². The highest BCUT2D eigenvalue weighted by molar-refractivity contribution is 6.30. The number of rotatable bonds is 1. The predicted octanol–water partition coefficient (Wildman–Crippen LogP) is 2.01. The first-order valence-electron chi connectivity index (χ1n) is 3.91. The Hall–Kier alpha value is -0.800. The smallest absolute Gasteiger partial charge is 0.275 e. The number of alkyl halides is 1. The molecule has 0 aromatic carbocycles. The molecule has 1 aliphatic carbocycles. The average Bonchev–Trinajstić information content (AvgIpc) is 2.52. The minimum absolute atomic E-state index is 0.0952. The Balaban J connectivity index is 2.36. The molecule has 1 heterocycles. The van der Waals surface area contributed by atoms with Gasteiger partial charge in [-0.15, -0.1) is 0 Å². The van der Waals surface area contributed by atoms with Crippen LogP contribution in [0.15, 0.2) is 34.6 Å². The van der Waals surface area contributed by atoms with Crippen LogP contribution in [0.25, 0.3) is 0 Å². The van der Waals surface area contributed by atoms with Crippen LogP contribution in [0.2, 0.25) is 0 Å². The molecule has 2 nitrogen and oxygen atoms in total. The van der Waals surface area contributed by atoms with Crippen molar-refractivity contribution < 1.29 is 14.2 Å². The maximum absolute atomic E-state index is 13.5. The molecule has 1 N–H and O–H groups in total. The van der Waals surface area contributed by atoms with Crippen molar-refractivity contribution in [1.82, 2.24) is 0 Å². The molecular formula is C9H8ClFO2. The second-order valence-corrected chi connectivity index (χ2v) is 3.48. The van der Waals surface area contributed by atoms with Gasteiger partial charge in [0.05, 0.1) is 6.42 Å². The Kier molecular flexibility index (Phi) is 1.93. The fourth-order valence-electron chi connectivity index (χ4n) is 1.37. The first-order valence-corrected chi connectivity index (χ1v) is 4.29. The molecule has 0 fully saturated rings. The zero-order chi connectivity index (χ0) is 9.47. The van der Waals surface area contributed by atoms with Crippen LogP contribution in [0.1, 0.15) is 6.42 Å². The van der Waals surface area contributed by atoms with Gasteiger partial charge >= 0.3 is 0 Å². The maximum atomic E-state index is 13.5. The van der Waals surface area contributed by atoms with Crippen LogP contribution in [0.4, 0.5) is 4.39 Å². The zero-order valence-corrected chi connectivity index (χ0v) is 7.51. The van der Waals surface area contributed by atoms with Crippen LogP contribution in [0, 0.1) is 0 Å². The number of allylic oxidation sites excluding steroid dienone is 3. The van der Waals surface area contributed by atoms with Crippen molar-refractivity contribution in [2.24, 2.45) is 0 Å². The first-order chi connectivity index (χ1) is 6.14. The van der Waals surface area contributed by atoms with E-state index < -0.39 is 12.5 Å². The number of aliphatic hydroxyl groups excluding tert-OH is 1. The van der Waals surface area contributed by atoms with E-state index in [1.807, 2.05) is 0 Å². The van der Waals surface area contributed by atoms with Gasteiger partial charge in [-0.05, 0) is 12.2 Å². The first kappa shape index (κ1) is 8.78. The standard InChI is InChI=1S/C9H8ClFO2/c10-7-4-9(11,5-12)13-8-3-1-2-6(7)8/h1-3,12H,4-5H2. The highest BCUT2D eigenvalue weighted by atomic mass is 35.5. The third-order valence-corrected chi connectivity index (χ3v) is 2.35. The van der Waals surface area contributed by atoms with Crippen LogP contribution in [0.3, 0.4) is 0 Å². The fourth-order valence-corrected chi connectivity index (χ4v) is 1.72. The van der Waals surface area contributed by atoms with E-state index in [9.17, 15) is 4.39 Å². The molecule has 0 spiro atoms. The molecule has 1 unspecified atom stereocenters. The van der Waals surface area contributed by atoms with Gasteiger partial charge in [0, 0.05) is 10.6 Å². The molecule has 13 heavy (non-hydrogen) atoms. The summed E-state index contributed by atoms with van der Waals surface area (Å²) >= 11 is 5.84. The van der Waals surface area contributed by atoms with Gasteiger partial charge in [-0.3, -0.25) is 0 Å². The van der Waals surface area contributed by atoms with E-state index in [4.69, 9.17) is 21.4 Å². The van der Waals surface area contributed by atoms with Crippen LogP contribution in [0.5, 0.6) is 0 Å². The minimum Gasteiger partial charge on any atom is -0.454 e. The molecule has 70 valence electrons. The Bertz CT molecular complexity index is 333. The summed E-state index contributed by atoms with van der Waals surface area (Å²) in [6.45, 7) is -0.687. The van der Waals surface area contributed by atoms with Gasteiger partial charge in [-0.1, -0.05) is 17.7 Å². The van der Waals surface area contributed by atoms with Crippen molar-refractivity contribution in [3.8, 4) is 0 Å². The molecule has 0 saturated carbocycles. The summed E-state index contributed by atoms with van der Waals surface area (Å²) in [5.74, 6) is -1.66. The van der Waals surface area contributed by atoms with Gasteiger partial charge in [-0.2, -0.15) is 4.39 Å². The third kappa shape index (κ3) is 1.38. The lowest BCUT2D eigenvalue weighted by atomic mass is 10.1. The van der Waals surface area contributed by atoms with Crippen molar-refractivity contribution in [3.05, 3.63) is 34.6 Å². The Morgan fingerprint density at radius 2 is 2.46 bits per heavy atom. The summed E-state index contributed by atoms with van der Waals surface area (Å²) in [4.78, 5) is 0. The van der Waals surface area contributed by atoms with Gasteiger partial charge < -0.3 is 9.84 Å². The molecule has 0 radical (unpaired) electrons. The van der Waals surface area contributed by atoms with Gasteiger partial charge in [-0.25, -0.2) is 0 Å². The molecule has 0 aromatic heterocycles. The van der Waals surface area contributed by atoms with Crippen LogP contribution < -0.4 is 0 Å². The van der Waals surface area contributed by atoms with E-state index in [1.165, 1.54) is 0 Å². The number of aliphatic hydroxyl groups is 1. The van der Waals surface area contributed by atoms with Gasteiger partial charge in [0.1, 0.15) is 12.4 Å². The summed E-state index contributed by atoms with van der Waals surface area (Å²) in [5.41, 5.74) is 0.711. The Labute approximate surface area is 80.0 Å². The second-order valence-electron chi connectivity index (χ2n) is 3.03. The van der Waals surface area contributed by atoms with Crippen LogP contribution >= 0.6 is 11.6 Å². The monoisotopic (exact) mass is 202 g/mol. The van der Waals surface area contributed by atoms with Crippen LogP contribution in [-0.2, 0) is 4.74 Å². The van der Waals surface area contributed by atoms with Crippen molar-refractivity contribution in [1.29, 1.82) is 0 Å². The molecule has 0 saturated heterocycles. The lowest BCUT2D eigenvalue weighted by molar-refractivity contribution is -0.141. The molecule has 0 aromatic rings. The van der Waals surface area contributed by atoms with E-state index in [2.05, 4.69) is 0 Å². The highest BCUT2D eigenvalue weighted by Crippen LogP contribution is 2.40. The summed E-state index contributed by atoms with van der Waals surface area (Å²) in [5, 5.41) is 9.15. The number of hydrogen-bond acceptors (Lipinski definition) is 2. The predicted molar refractivity (Wildman–Crippen MR) is 46.7 cm³/mol. The second kappa shape index (κ2) is 2.86. The highest BCUT2D eigenvalue weighted by Gasteiger charge is 2.39. The molecule has 2 aliphatic rings. The lowest BCUT2D eigenvalue weighted by Gasteiger charge is -2.30. The third-order valence-electron chi connectivity index (χ3n) is 2.02. The van der Waals surface area contributed by atoms with Crippen molar-refractivity contribution >= 4 is 11.6 Å². The molecule has 1 aliphatic heterocycles. The van der Waals surface area contributed by atoms with E-state index in [1.54, 1.807) is 18.2 Å². The minimum atomic E-state index is -2.06. The molecule has 0 bridgehead atoms. The Morgan fingerprint density at radius 3 is 3.15 bits per heavy atom. The molecule has 2 rings (SSSR count). The van der Waals surface area contributed by atoms with E-state index >= 15 is 0 Å². The average molecular weight is 203 g/mol. The van der Waals surface area contributed by atoms with Gasteiger partial charge in [0.2, 0.25) is 0 Å². The summed E-state index contributed by atoms with van der Waals surface area (Å²) < 4.78 is 18.5. The van der Waals surface area contributed by atoms with E-state index in [0.29, 0.717) is 16.4 Å².